The minimum Gasteiger partial charge on any atom is -0.264 e. The number of nitrogens with zero attached hydrogens (tertiary/aromatic N) is 2. The van der Waals surface area contributed by atoms with E-state index in [9.17, 15) is 0 Å². The van der Waals surface area contributed by atoms with Crippen molar-refractivity contribution in [3.05, 3.63) is 72.3 Å². The maximum atomic E-state index is 6.37. The van der Waals surface area contributed by atoms with Crippen molar-refractivity contribution in [2.24, 2.45) is 0 Å². The Morgan fingerprint density at radius 3 is 2.00 bits per heavy atom. The average Bonchev–Trinajstić information content (AvgIpc) is 2.49. The molecule has 0 aliphatic rings. The van der Waals surface area contributed by atoms with Crippen molar-refractivity contribution in [3.63, 3.8) is 0 Å². The van der Waals surface area contributed by atoms with Crippen LogP contribution in [0.4, 0.5) is 0 Å². The number of benzene rings is 1. The molecule has 0 amide bonds. The number of rotatable bonds is 2. The Balaban J connectivity index is 2.04. The van der Waals surface area contributed by atoms with Gasteiger partial charge in [0.1, 0.15) is 0 Å². The van der Waals surface area contributed by atoms with Gasteiger partial charge in [-0.1, -0.05) is 35.9 Å². The molecular weight excluding hydrogens is 256 g/mol. The first-order valence-electron chi connectivity index (χ1n) is 5.95. The Morgan fingerprint density at radius 2 is 1.42 bits per heavy atom. The lowest BCUT2D eigenvalue weighted by Gasteiger charge is -2.07. The van der Waals surface area contributed by atoms with E-state index in [-0.39, 0.29) is 0 Å². The molecule has 0 fully saturated rings. The fraction of sp³-hybridized carbons (Fsp3) is 0. The van der Waals surface area contributed by atoms with Crippen LogP contribution in [-0.4, -0.2) is 9.97 Å². The third-order valence-corrected chi connectivity index (χ3v) is 3.25. The van der Waals surface area contributed by atoms with Crippen LogP contribution >= 0.6 is 11.6 Å². The van der Waals surface area contributed by atoms with Crippen LogP contribution in [-0.2, 0) is 0 Å². The fourth-order valence-corrected chi connectivity index (χ4v) is 2.27. The molecule has 3 aromatic rings. The molecule has 0 radical (unpaired) electrons. The molecular formula is C16H11ClN2. The SMILES string of the molecule is Clc1cc(-c2cccnc2)ccc1-c1cccnc1. The summed E-state index contributed by atoms with van der Waals surface area (Å²) in [6, 6.07) is 13.9. The van der Waals surface area contributed by atoms with E-state index in [4.69, 9.17) is 11.6 Å². The molecule has 92 valence electrons. The minimum atomic E-state index is 0.717. The summed E-state index contributed by atoms with van der Waals surface area (Å²) in [6.45, 7) is 0. The van der Waals surface area contributed by atoms with E-state index >= 15 is 0 Å². The molecule has 19 heavy (non-hydrogen) atoms. The zero-order chi connectivity index (χ0) is 13.1. The molecule has 0 spiro atoms. The van der Waals surface area contributed by atoms with Gasteiger partial charge in [0.15, 0.2) is 0 Å². The first-order chi connectivity index (χ1) is 9.34. The monoisotopic (exact) mass is 266 g/mol. The van der Waals surface area contributed by atoms with Crippen molar-refractivity contribution in [1.29, 1.82) is 0 Å². The zero-order valence-corrected chi connectivity index (χ0v) is 10.9. The van der Waals surface area contributed by atoms with Crippen LogP contribution in [0.1, 0.15) is 0 Å². The van der Waals surface area contributed by atoms with E-state index in [0.717, 1.165) is 22.3 Å². The van der Waals surface area contributed by atoms with Gasteiger partial charge in [-0.25, -0.2) is 0 Å². The lowest BCUT2D eigenvalue weighted by atomic mass is 10.0. The van der Waals surface area contributed by atoms with Crippen LogP contribution in [0.2, 0.25) is 5.02 Å². The van der Waals surface area contributed by atoms with Crippen molar-refractivity contribution >= 4 is 11.6 Å². The summed E-state index contributed by atoms with van der Waals surface area (Å²) < 4.78 is 0. The highest BCUT2D eigenvalue weighted by molar-refractivity contribution is 6.33. The summed E-state index contributed by atoms with van der Waals surface area (Å²) in [5.74, 6) is 0. The van der Waals surface area contributed by atoms with Gasteiger partial charge in [-0.3, -0.25) is 9.97 Å². The average molecular weight is 267 g/mol. The van der Waals surface area contributed by atoms with Gasteiger partial charge in [0.25, 0.3) is 0 Å². The zero-order valence-electron chi connectivity index (χ0n) is 10.1. The van der Waals surface area contributed by atoms with Crippen molar-refractivity contribution < 1.29 is 0 Å². The smallest absolute Gasteiger partial charge is 0.0491 e. The summed E-state index contributed by atoms with van der Waals surface area (Å²) in [6.07, 6.45) is 7.15. The second-order valence-corrected chi connectivity index (χ2v) is 4.59. The standard InChI is InChI=1S/C16H11ClN2/c17-16-9-12(13-3-1-7-18-10-13)5-6-15(16)14-4-2-8-19-11-14/h1-11H. The molecule has 2 nitrogen and oxygen atoms in total. The molecule has 2 aromatic heterocycles. The van der Waals surface area contributed by atoms with E-state index in [0.29, 0.717) is 5.02 Å². The highest BCUT2D eigenvalue weighted by Crippen LogP contribution is 2.31. The van der Waals surface area contributed by atoms with Gasteiger partial charge < -0.3 is 0 Å². The molecule has 0 unspecified atom stereocenters. The maximum Gasteiger partial charge on any atom is 0.0491 e. The van der Waals surface area contributed by atoms with Gasteiger partial charge in [0.2, 0.25) is 0 Å². The number of hydrogen-bond donors (Lipinski definition) is 0. The van der Waals surface area contributed by atoms with Crippen LogP contribution in [0.5, 0.6) is 0 Å². The predicted molar refractivity (Wildman–Crippen MR) is 77.9 cm³/mol. The quantitative estimate of drug-likeness (QED) is 0.684. The van der Waals surface area contributed by atoms with E-state index in [2.05, 4.69) is 9.97 Å². The van der Waals surface area contributed by atoms with E-state index in [1.54, 1.807) is 12.4 Å². The molecule has 3 heteroatoms. The van der Waals surface area contributed by atoms with Crippen LogP contribution in [0.15, 0.2) is 67.3 Å². The summed E-state index contributed by atoms with van der Waals surface area (Å²) in [5.41, 5.74) is 4.13. The highest BCUT2D eigenvalue weighted by Gasteiger charge is 2.05. The van der Waals surface area contributed by atoms with Gasteiger partial charge in [-0.15, -0.1) is 0 Å². The minimum absolute atomic E-state index is 0.717. The van der Waals surface area contributed by atoms with Crippen molar-refractivity contribution in [2.75, 3.05) is 0 Å². The number of halogens is 1. The van der Waals surface area contributed by atoms with Gasteiger partial charge in [0, 0.05) is 46.5 Å². The van der Waals surface area contributed by atoms with Gasteiger partial charge in [-0.05, 0) is 23.8 Å². The largest absolute Gasteiger partial charge is 0.264 e. The third kappa shape index (κ3) is 2.49. The molecule has 0 aliphatic carbocycles. The molecule has 0 bridgehead atoms. The Hall–Kier alpha value is -2.19. The van der Waals surface area contributed by atoms with Crippen molar-refractivity contribution in [1.82, 2.24) is 9.97 Å². The van der Waals surface area contributed by atoms with Crippen molar-refractivity contribution in [2.45, 2.75) is 0 Å². The molecule has 2 heterocycles. The molecule has 0 aliphatic heterocycles. The topological polar surface area (TPSA) is 25.8 Å². The van der Waals surface area contributed by atoms with Crippen LogP contribution in [0.25, 0.3) is 22.3 Å². The van der Waals surface area contributed by atoms with Crippen LogP contribution in [0, 0.1) is 0 Å². The molecule has 0 saturated carbocycles. The van der Waals surface area contributed by atoms with Gasteiger partial charge in [-0.2, -0.15) is 0 Å². The second-order valence-electron chi connectivity index (χ2n) is 4.18. The van der Waals surface area contributed by atoms with Crippen molar-refractivity contribution in [3.8, 4) is 22.3 Å². The molecule has 0 saturated heterocycles. The number of hydrogen-bond acceptors (Lipinski definition) is 2. The number of pyridine rings is 2. The van der Waals surface area contributed by atoms with E-state index in [1.807, 2.05) is 54.9 Å². The molecule has 0 N–H and O–H groups in total. The first kappa shape index (κ1) is 11.9. The van der Waals surface area contributed by atoms with Crippen LogP contribution < -0.4 is 0 Å². The molecule has 1 aromatic carbocycles. The molecule has 0 atom stereocenters. The summed E-state index contributed by atoms with van der Waals surface area (Å²) in [4.78, 5) is 8.23. The summed E-state index contributed by atoms with van der Waals surface area (Å²) in [7, 11) is 0. The summed E-state index contributed by atoms with van der Waals surface area (Å²) in [5, 5.41) is 0.717. The lowest BCUT2D eigenvalue weighted by molar-refractivity contribution is 1.32. The fourth-order valence-electron chi connectivity index (χ4n) is 1.98. The Kier molecular flexibility index (Phi) is 3.25. The first-order valence-corrected chi connectivity index (χ1v) is 6.33. The predicted octanol–water partition coefficient (Wildman–Crippen LogP) is 4.46. The number of aromatic nitrogens is 2. The van der Waals surface area contributed by atoms with E-state index in [1.165, 1.54) is 0 Å². The van der Waals surface area contributed by atoms with Gasteiger partial charge >= 0.3 is 0 Å². The normalized spacial score (nSPS) is 10.4. The maximum absolute atomic E-state index is 6.37. The lowest BCUT2D eigenvalue weighted by Crippen LogP contribution is -1.84. The highest BCUT2D eigenvalue weighted by atomic mass is 35.5. The van der Waals surface area contributed by atoms with Gasteiger partial charge in [0.05, 0.1) is 0 Å². The Bertz CT molecular complexity index is 682. The third-order valence-electron chi connectivity index (χ3n) is 2.94. The van der Waals surface area contributed by atoms with Crippen LogP contribution in [0.3, 0.4) is 0 Å². The second kappa shape index (κ2) is 5.21. The summed E-state index contributed by atoms with van der Waals surface area (Å²) >= 11 is 6.37. The van der Waals surface area contributed by atoms with E-state index < -0.39 is 0 Å². The Morgan fingerprint density at radius 1 is 0.737 bits per heavy atom. The Labute approximate surface area is 116 Å². The molecule has 3 rings (SSSR count).